The van der Waals surface area contributed by atoms with Crippen molar-refractivity contribution in [3.05, 3.63) is 58.7 Å². The van der Waals surface area contributed by atoms with Crippen molar-refractivity contribution in [1.29, 1.82) is 0 Å². The van der Waals surface area contributed by atoms with Crippen molar-refractivity contribution in [3.8, 4) is 0 Å². The second-order valence-corrected chi connectivity index (χ2v) is 7.30. The van der Waals surface area contributed by atoms with E-state index in [9.17, 15) is 0 Å². The molecule has 0 aromatic heterocycles. The van der Waals surface area contributed by atoms with Crippen LogP contribution < -0.4 is 0 Å². The third-order valence-corrected chi connectivity index (χ3v) is 4.30. The SMILES string of the molecule is C[SiH]C.[Ti+2].c1cc2c([cH-]1)CCCC2.c1cc2c([cH-]1)CCCC2. The molecule has 0 saturated heterocycles. The molecule has 0 bridgehead atoms. The molecule has 0 spiro atoms. The van der Waals surface area contributed by atoms with E-state index in [0.29, 0.717) is 0 Å². The van der Waals surface area contributed by atoms with Crippen molar-refractivity contribution in [2.24, 2.45) is 0 Å². The molecule has 2 aliphatic rings. The van der Waals surface area contributed by atoms with Gasteiger partial charge in [0.1, 0.15) is 0 Å². The van der Waals surface area contributed by atoms with E-state index >= 15 is 0 Å². The Morgan fingerprint density at radius 3 is 1.45 bits per heavy atom. The van der Waals surface area contributed by atoms with Crippen molar-refractivity contribution in [3.63, 3.8) is 0 Å². The van der Waals surface area contributed by atoms with Gasteiger partial charge in [-0.1, -0.05) is 64.5 Å². The van der Waals surface area contributed by atoms with Crippen molar-refractivity contribution >= 4 is 9.52 Å². The summed E-state index contributed by atoms with van der Waals surface area (Å²) in [4.78, 5) is 0. The Balaban J connectivity index is 0.000000181. The second-order valence-electron chi connectivity index (χ2n) is 6.14. The molecule has 0 nitrogen and oxygen atoms in total. The molecule has 117 valence electrons. The molecule has 1 radical (unpaired) electrons. The molecule has 2 heteroatoms. The maximum Gasteiger partial charge on any atom is 2.00 e. The molecule has 22 heavy (non-hydrogen) atoms. The van der Waals surface area contributed by atoms with Gasteiger partial charge in [0.25, 0.3) is 0 Å². The number of hydrogen-bond acceptors (Lipinski definition) is 0. The van der Waals surface area contributed by atoms with Crippen molar-refractivity contribution in [2.75, 3.05) is 0 Å². The standard InChI is InChI=1S/2C9H11.C2H7Si.Ti/c2*1-2-5-9-7-3-6-8(9)4-1;1-3-2;/h2*3,6-7H,1-2,4-5H2;3H,1-2H3;/q2*-1;;+2. The first-order valence-electron chi connectivity index (χ1n) is 8.56. The van der Waals surface area contributed by atoms with E-state index in [1.807, 2.05) is 0 Å². The molecule has 2 aromatic carbocycles. The molecule has 2 aromatic rings. The fourth-order valence-corrected chi connectivity index (χ4v) is 3.23. The van der Waals surface area contributed by atoms with Crippen molar-refractivity contribution in [1.82, 2.24) is 0 Å². The van der Waals surface area contributed by atoms with Crippen LogP contribution in [0.4, 0.5) is 0 Å². The molecular formula is C20H29SiTi. The first kappa shape index (κ1) is 19.7. The van der Waals surface area contributed by atoms with E-state index in [-0.39, 0.29) is 21.7 Å². The van der Waals surface area contributed by atoms with E-state index in [1.165, 1.54) is 51.4 Å². The minimum Gasteiger partial charge on any atom is -0.210 e. The van der Waals surface area contributed by atoms with E-state index in [4.69, 9.17) is 0 Å². The molecule has 0 aliphatic heterocycles. The minimum atomic E-state index is 0. The molecule has 0 unspecified atom stereocenters. The van der Waals surface area contributed by atoms with Crippen LogP contribution in [0.15, 0.2) is 36.4 Å². The van der Waals surface area contributed by atoms with Crippen LogP contribution in [0, 0.1) is 0 Å². The van der Waals surface area contributed by atoms with Gasteiger partial charge in [0, 0.05) is 9.52 Å². The van der Waals surface area contributed by atoms with Crippen LogP contribution in [0.1, 0.15) is 47.9 Å². The fraction of sp³-hybridized carbons (Fsp3) is 0.500. The monoisotopic (exact) mass is 345 g/mol. The van der Waals surface area contributed by atoms with Gasteiger partial charge in [-0.2, -0.15) is 46.5 Å². The molecular weight excluding hydrogens is 316 g/mol. The second kappa shape index (κ2) is 11.2. The zero-order valence-corrected chi connectivity index (χ0v) is 16.9. The molecule has 4 rings (SSSR count). The summed E-state index contributed by atoms with van der Waals surface area (Å²) in [5.41, 5.74) is 6.39. The summed E-state index contributed by atoms with van der Waals surface area (Å²) in [7, 11) is 0.750. The van der Waals surface area contributed by atoms with Gasteiger partial charge < -0.3 is 0 Å². The van der Waals surface area contributed by atoms with Gasteiger partial charge >= 0.3 is 21.7 Å². The molecule has 0 amide bonds. The summed E-state index contributed by atoms with van der Waals surface area (Å²) in [6, 6.07) is 13.4. The third-order valence-electron chi connectivity index (χ3n) is 4.30. The van der Waals surface area contributed by atoms with Gasteiger partial charge in [-0.25, -0.2) is 12.1 Å². The Labute approximate surface area is 154 Å². The van der Waals surface area contributed by atoms with E-state index in [1.54, 1.807) is 22.3 Å². The average molecular weight is 345 g/mol. The van der Waals surface area contributed by atoms with Crippen LogP contribution in [-0.4, -0.2) is 9.52 Å². The van der Waals surface area contributed by atoms with E-state index in [2.05, 4.69) is 49.5 Å². The summed E-state index contributed by atoms with van der Waals surface area (Å²) in [6.07, 6.45) is 10.9. The Kier molecular flexibility index (Phi) is 10.0. The fourth-order valence-electron chi connectivity index (χ4n) is 3.23. The summed E-state index contributed by atoms with van der Waals surface area (Å²) in [5.74, 6) is 0. The van der Waals surface area contributed by atoms with Crippen LogP contribution in [0.3, 0.4) is 0 Å². The summed E-state index contributed by atoms with van der Waals surface area (Å²) < 4.78 is 0. The molecule has 0 N–H and O–H groups in total. The van der Waals surface area contributed by atoms with Gasteiger partial charge in [-0.3, -0.25) is 0 Å². The molecule has 0 fully saturated rings. The maximum absolute atomic E-state index is 2.26. The van der Waals surface area contributed by atoms with Gasteiger partial charge in [0.15, 0.2) is 0 Å². The third kappa shape index (κ3) is 6.02. The van der Waals surface area contributed by atoms with Gasteiger partial charge in [0.2, 0.25) is 0 Å². The zero-order valence-electron chi connectivity index (χ0n) is 14.2. The van der Waals surface area contributed by atoms with Crippen LogP contribution >= 0.6 is 0 Å². The predicted octanol–water partition coefficient (Wildman–Crippen LogP) is 5.09. The summed E-state index contributed by atoms with van der Waals surface area (Å²) in [5, 5.41) is 0. The Morgan fingerprint density at radius 1 is 0.727 bits per heavy atom. The smallest absolute Gasteiger partial charge is 0.210 e. The Morgan fingerprint density at radius 2 is 1.09 bits per heavy atom. The van der Waals surface area contributed by atoms with Crippen LogP contribution in [-0.2, 0) is 47.4 Å². The van der Waals surface area contributed by atoms with Gasteiger partial charge in [-0.05, 0) is 0 Å². The number of fused-ring (bicyclic) bond motifs is 2. The Hall–Kier alpha value is -0.369. The summed E-state index contributed by atoms with van der Waals surface area (Å²) in [6.45, 7) is 4.42. The first-order valence-corrected chi connectivity index (χ1v) is 10.9. The Bertz CT molecular complexity index is 422. The molecule has 2 aliphatic carbocycles. The van der Waals surface area contributed by atoms with Crippen LogP contribution in [0.2, 0.25) is 13.1 Å². The molecule has 0 saturated carbocycles. The van der Waals surface area contributed by atoms with Crippen LogP contribution in [0.5, 0.6) is 0 Å². The van der Waals surface area contributed by atoms with Gasteiger partial charge in [-0.15, -0.1) is 0 Å². The van der Waals surface area contributed by atoms with Crippen molar-refractivity contribution < 1.29 is 21.7 Å². The average Bonchev–Trinajstić information content (AvgIpc) is 3.17. The number of aryl methyl sites for hydroxylation is 4. The molecule has 0 heterocycles. The normalized spacial score (nSPS) is 15.0. The van der Waals surface area contributed by atoms with E-state index < -0.39 is 0 Å². The number of hydrogen-bond donors (Lipinski definition) is 0. The van der Waals surface area contributed by atoms with Gasteiger partial charge in [0.05, 0.1) is 0 Å². The van der Waals surface area contributed by atoms with Crippen LogP contribution in [0.25, 0.3) is 0 Å². The topological polar surface area (TPSA) is 0 Å². The number of rotatable bonds is 0. The largest absolute Gasteiger partial charge is 2.00 e. The molecule has 0 atom stereocenters. The van der Waals surface area contributed by atoms with Crippen molar-refractivity contribution in [2.45, 2.75) is 64.5 Å². The zero-order chi connectivity index (χ0) is 14.9. The minimum absolute atomic E-state index is 0. The predicted molar refractivity (Wildman–Crippen MR) is 96.2 cm³/mol. The maximum atomic E-state index is 2.26. The quantitative estimate of drug-likeness (QED) is 0.461. The first-order chi connectivity index (χ1) is 10.3. The summed E-state index contributed by atoms with van der Waals surface area (Å²) >= 11 is 0. The van der Waals surface area contributed by atoms with E-state index in [0.717, 1.165) is 9.52 Å².